The summed E-state index contributed by atoms with van der Waals surface area (Å²) < 4.78 is 13.8. The summed E-state index contributed by atoms with van der Waals surface area (Å²) in [5.41, 5.74) is 0.0629. The molecule has 0 aromatic heterocycles. The van der Waals surface area contributed by atoms with Crippen LogP contribution in [0.25, 0.3) is 0 Å². The van der Waals surface area contributed by atoms with Crippen molar-refractivity contribution in [3.8, 4) is 0 Å². The average molecular weight is 285 g/mol. The third kappa shape index (κ3) is 3.25. The molecule has 1 saturated heterocycles. The van der Waals surface area contributed by atoms with Crippen LogP contribution in [-0.4, -0.2) is 36.5 Å². The predicted molar refractivity (Wildman–Crippen MR) is 74.0 cm³/mol. The van der Waals surface area contributed by atoms with E-state index in [4.69, 9.17) is 11.6 Å². The van der Waals surface area contributed by atoms with Crippen LogP contribution < -0.4 is 5.32 Å². The Balaban J connectivity index is 2.22. The van der Waals surface area contributed by atoms with Crippen molar-refractivity contribution in [3.63, 3.8) is 0 Å². The van der Waals surface area contributed by atoms with Crippen LogP contribution in [0.4, 0.5) is 4.39 Å². The lowest BCUT2D eigenvalue weighted by atomic mass is 10.0. The first-order valence-corrected chi connectivity index (χ1v) is 6.98. The quantitative estimate of drug-likeness (QED) is 0.926. The Morgan fingerprint density at radius 3 is 2.79 bits per heavy atom. The van der Waals surface area contributed by atoms with E-state index in [9.17, 15) is 9.18 Å². The van der Waals surface area contributed by atoms with E-state index in [-0.39, 0.29) is 17.5 Å². The van der Waals surface area contributed by atoms with E-state index in [1.807, 2.05) is 6.92 Å². The molecule has 1 amide bonds. The van der Waals surface area contributed by atoms with Crippen molar-refractivity contribution < 1.29 is 9.18 Å². The molecule has 0 aliphatic carbocycles. The minimum Gasteiger partial charge on any atom is -0.336 e. The zero-order valence-corrected chi connectivity index (χ0v) is 11.7. The Morgan fingerprint density at radius 1 is 1.47 bits per heavy atom. The second kappa shape index (κ2) is 6.35. The fraction of sp³-hybridized carbons (Fsp3) is 0.500. The van der Waals surface area contributed by atoms with Gasteiger partial charge in [-0.05, 0) is 51.1 Å². The molecule has 0 radical (unpaired) electrons. The summed E-state index contributed by atoms with van der Waals surface area (Å²) in [6.45, 7) is 4.29. The molecule has 1 aliphatic rings. The van der Waals surface area contributed by atoms with Gasteiger partial charge in [0.2, 0.25) is 0 Å². The van der Waals surface area contributed by atoms with Gasteiger partial charge in [0.05, 0.1) is 5.56 Å². The molecule has 0 atom stereocenters. The lowest BCUT2D eigenvalue weighted by molar-refractivity contribution is 0.0651. The van der Waals surface area contributed by atoms with Gasteiger partial charge in [-0.1, -0.05) is 11.6 Å². The number of benzene rings is 1. The Morgan fingerprint density at radius 2 is 2.16 bits per heavy atom. The van der Waals surface area contributed by atoms with Crippen molar-refractivity contribution in [2.24, 2.45) is 0 Å². The summed E-state index contributed by atoms with van der Waals surface area (Å²) in [5.74, 6) is -0.781. The van der Waals surface area contributed by atoms with Gasteiger partial charge in [0.1, 0.15) is 5.82 Å². The Labute approximate surface area is 117 Å². The van der Waals surface area contributed by atoms with Crippen LogP contribution in [0.2, 0.25) is 5.02 Å². The van der Waals surface area contributed by atoms with E-state index >= 15 is 0 Å². The monoisotopic (exact) mass is 284 g/mol. The van der Waals surface area contributed by atoms with Crippen LogP contribution in [0.5, 0.6) is 0 Å². The van der Waals surface area contributed by atoms with Crippen molar-refractivity contribution in [1.29, 1.82) is 0 Å². The maximum absolute atomic E-state index is 13.8. The lowest BCUT2D eigenvalue weighted by Crippen LogP contribution is -2.46. The number of nitrogens with one attached hydrogen (secondary N) is 1. The normalized spacial score (nSPS) is 16.4. The van der Waals surface area contributed by atoms with Gasteiger partial charge < -0.3 is 10.2 Å². The predicted octanol–water partition coefficient (Wildman–Crippen LogP) is 2.69. The van der Waals surface area contributed by atoms with Gasteiger partial charge in [-0.25, -0.2) is 4.39 Å². The first kappa shape index (κ1) is 14.3. The summed E-state index contributed by atoms with van der Waals surface area (Å²) >= 11 is 5.85. The molecule has 1 aliphatic heterocycles. The molecule has 1 heterocycles. The first-order valence-electron chi connectivity index (χ1n) is 6.60. The fourth-order valence-corrected chi connectivity index (χ4v) is 2.67. The zero-order valence-electron chi connectivity index (χ0n) is 11.0. The highest BCUT2D eigenvalue weighted by atomic mass is 35.5. The van der Waals surface area contributed by atoms with E-state index in [0.717, 1.165) is 25.9 Å². The second-order valence-corrected chi connectivity index (χ2v) is 5.13. The molecule has 19 heavy (non-hydrogen) atoms. The van der Waals surface area contributed by atoms with Gasteiger partial charge in [-0.15, -0.1) is 0 Å². The van der Waals surface area contributed by atoms with Crippen LogP contribution in [0.15, 0.2) is 18.2 Å². The standard InChI is InChI=1S/C14H18ClFN2O/c1-2-18(11-5-7-17-8-6-11)14(19)12-9-10(15)3-4-13(12)16/h3-4,9,11,17H,2,5-8H2,1H3. The highest BCUT2D eigenvalue weighted by molar-refractivity contribution is 6.31. The van der Waals surface area contributed by atoms with E-state index in [2.05, 4.69) is 5.32 Å². The maximum Gasteiger partial charge on any atom is 0.257 e. The van der Waals surface area contributed by atoms with Gasteiger partial charge >= 0.3 is 0 Å². The number of halogens is 2. The van der Waals surface area contributed by atoms with E-state index in [1.54, 1.807) is 4.90 Å². The molecule has 5 heteroatoms. The number of carbonyl (C=O) groups is 1. The number of hydrogen-bond donors (Lipinski definition) is 1. The van der Waals surface area contributed by atoms with Crippen molar-refractivity contribution in [2.45, 2.75) is 25.8 Å². The summed E-state index contributed by atoms with van der Waals surface area (Å²) in [7, 11) is 0. The van der Waals surface area contributed by atoms with Gasteiger partial charge in [-0.2, -0.15) is 0 Å². The Kier molecular flexibility index (Phi) is 4.77. The summed E-state index contributed by atoms with van der Waals surface area (Å²) in [4.78, 5) is 14.2. The minimum absolute atomic E-state index is 0.0629. The molecule has 0 bridgehead atoms. The summed E-state index contributed by atoms with van der Waals surface area (Å²) in [6.07, 6.45) is 1.81. The Hall–Kier alpha value is -1.13. The van der Waals surface area contributed by atoms with E-state index in [1.165, 1.54) is 18.2 Å². The van der Waals surface area contributed by atoms with Crippen molar-refractivity contribution in [1.82, 2.24) is 10.2 Å². The molecular weight excluding hydrogens is 267 g/mol. The van der Waals surface area contributed by atoms with Crippen molar-refractivity contribution in [3.05, 3.63) is 34.6 Å². The minimum atomic E-state index is -0.512. The molecule has 0 saturated carbocycles. The number of piperidine rings is 1. The van der Waals surface area contributed by atoms with E-state index in [0.29, 0.717) is 11.6 Å². The van der Waals surface area contributed by atoms with Gasteiger partial charge in [0, 0.05) is 17.6 Å². The third-order valence-corrected chi connectivity index (χ3v) is 3.74. The largest absolute Gasteiger partial charge is 0.336 e. The van der Waals surface area contributed by atoms with Gasteiger partial charge in [0.25, 0.3) is 5.91 Å². The summed E-state index contributed by atoms with van der Waals surface area (Å²) in [6, 6.07) is 4.28. The third-order valence-electron chi connectivity index (χ3n) is 3.51. The van der Waals surface area contributed by atoms with Crippen LogP contribution >= 0.6 is 11.6 Å². The van der Waals surface area contributed by atoms with Crippen LogP contribution in [0.1, 0.15) is 30.1 Å². The van der Waals surface area contributed by atoms with Gasteiger partial charge in [0.15, 0.2) is 0 Å². The molecule has 0 spiro atoms. The van der Waals surface area contributed by atoms with Crippen LogP contribution in [0, 0.1) is 5.82 Å². The maximum atomic E-state index is 13.8. The van der Waals surface area contributed by atoms with E-state index < -0.39 is 5.82 Å². The average Bonchev–Trinajstić information content (AvgIpc) is 2.43. The number of carbonyl (C=O) groups excluding carboxylic acids is 1. The molecule has 1 fully saturated rings. The fourth-order valence-electron chi connectivity index (χ4n) is 2.50. The highest BCUT2D eigenvalue weighted by Gasteiger charge is 2.26. The second-order valence-electron chi connectivity index (χ2n) is 4.70. The number of rotatable bonds is 3. The molecule has 2 rings (SSSR count). The SMILES string of the molecule is CCN(C(=O)c1cc(Cl)ccc1F)C1CCNCC1. The Bertz CT molecular complexity index is 461. The molecule has 0 unspecified atom stereocenters. The number of nitrogens with zero attached hydrogens (tertiary/aromatic N) is 1. The van der Waals surface area contributed by atoms with Crippen LogP contribution in [-0.2, 0) is 0 Å². The zero-order chi connectivity index (χ0) is 13.8. The lowest BCUT2D eigenvalue weighted by Gasteiger charge is -2.34. The smallest absolute Gasteiger partial charge is 0.257 e. The molecule has 1 aromatic rings. The van der Waals surface area contributed by atoms with Crippen LogP contribution in [0.3, 0.4) is 0 Å². The van der Waals surface area contributed by atoms with Crippen molar-refractivity contribution >= 4 is 17.5 Å². The molecular formula is C14H18ClFN2O. The van der Waals surface area contributed by atoms with Gasteiger partial charge in [-0.3, -0.25) is 4.79 Å². The molecule has 1 N–H and O–H groups in total. The van der Waals surface area contributed by atoms with Crippen molar-refractivity contribution in [2.75, 3.05) is 19.6 Å². The molecule has 3 nitrogen and oxygen atoms in total. The number of amides is 1. The topological polar surface area (TPSA) is 32.3 Å². The summed E-state index contributed by atoms with van der Waals surface area (Å²) in [5, 5.41) is 3.64. The molecule has 1 aromatic carbocycles. The molecule has 104 valence electrons. The number of hydrogen-bond acceptors (Lipinski definition) is 2. The first-order chi connectivity index (χ1) is 9.13. The highest BCUT2D eigenvalue weighted by Crippen LogP contribution is 2.20.